The average Bonchev–Trinajstić information content (AvgIpc) is 3.22. The second-order valence-corrected chi connectivity index (χ2v) is 6.73. The van der Waals surface area contributed by atoms with E-state index in [9.17, 15) is 0 Å². The number of para-hydroxylation sites is 1. The van der Waals surface area contributed by atoms with E-state index in [2.05, 4.69) is 39.4 Å². The zero-order valence-corrected chi connectivity index (χ0v) is 15.7. The van der Waals surface area contributed by atoms with Crippen LogP contribution in [-0.4, -0.2) is 38.0 Å². The largest absolute Gasteiger partial charge is 0.287 e. The molecule has 4 rings (SSSR count). The smallest absolute Gasteiger partial charge is 0.185 e. The molecule has 4 aromatic rings. The summed E-state index contributed by atoms with van der Waals surface area (Å²) in [6.45, 7) is 8.97. The molecule has 0 aliphatic heterocycles. The molecular weight excluding hydrogens is 392 g/mol. The van der Waals surface area contributed by atoms with Crippen LogP contribution in [0.5, 0.6) is 0 Å². The molecule has 130 valence electrons. The summed E-state index contributed by atoms with van der Waals surface area (Å²) in [5, 5.41) is 16.5. The van der Waals surface area contributed by atoms with E-state index in [-0.39, 0.29) is 0 Å². The second-order valence-electron chi connectivity index (χ2n) is 5.81. The van der Waals surface area contributed by atoms with Crippen LogP contribution in [0.4, 0.5) is 0 Å². The molecule has 0 radical (unpaired) electrons. The van der Waals surface area contributed by atoms with Gasteiger partial charge < -0.3 is 0 Å². The summed E-state index contributed by atoms with van der Waals surface area (Å²) in [7, 11) is 0. The number of nitrogens with zero attached hydrogens (tertiary/aromatic N) is 6. The number of halogens is 1. The standard InChI is InChI=1S/C19H17BrN6/c1-3-11-24(12-4-2)26-19(15-13-14(20)9-10-16(15)22-26)25-18-8-6-5-7-17(18)21-23-25/h3-10,13H,1-2,11-12H2. The first kappa shape index (κ1) is 16.5. The van der Waals surface area contributed by atoms with Crippen molar-refractivity contribution < 1.29 is 0 Å². The molecule has 0 aliphatic rings. The Hall–Kier alpha value is -2.93. The molecule has 6 nitrogen and oxygen atoms in total. The van der Waals surface area contributed by atoms with E-state index >= 15 is 0 Å². The molecule has 0 saturated carbocycles. The lowest BCUT2D eigenvalue weighted by Crippen LogP contribution is -2.37. The molecule has 0 fully saturated rings. The Morgan fingerprint density at radius 2 is 1.81 bits per heavy atom. The highest BCUT2D eigenvalue weighted by atomic mass is 79.9. The summed E-state index contributed by atoms with van der Waals surface area (Å²) in [5.74, 6) is 0.832. The van der Waals surface area contributed by atoms with Gasteiger partial charge in [-0.15, -0.1) is 18.3 Å². The monoisotopic (exact) mass is 408 g/mol. The lowest BCUT2D eigenvalue weighted by Gasteiger charge is -2.23. The summed E-state index contributed by atoms with van der Waals surface area (Å²) in [6, 6.07) is 13.9. The van der Waals surface area contributed by atoms with Gasteiger partial charge >= 0.3 is 0 Å². The van der Waals surface area contributed by atoms with Crippen molar-refractivity contribution in [1.29, 1.82) is 0 Å². The van der Waals surface area contributed by atoms with Crippen LogP contribution in [0.3, 0.4) is 0 Å². The van der Waals surface area contributed by atoms with Crippen molar-refractivity contribution in [2.24, 2.45) is 0 Å². The van der Waals surface area contributed by atoms with Gasteiger partial charge in [0.05, 0.1) is 24.1 Å². The number of hydrogen-bond acceptors (Lipinski definition) is 4. The van der Waals surface area contributed by atoms with E-state index in [0.29, 0.717) is 13.1 Å². The summed E-state index contributed by atoms with van der Waals surface area (Å²) in [4.78, 5) is 1.86. The van der Waals surface area contributed by atoms with Crippen molar-refractivity contribution >= 4 is 37.9 Å². The highest BCUT2D eigenvalue weighted by molar-refractivity contribution is 9.10. The van der Waals surface area contributed by atoms with Gasteiger partial charge in [0, 0.05) is 9.86 Å². The van der Waals surface area contributed by atoms with E-state index in [1.807, 2.05) is 69.1 Å². The molecule has 0 bridgehead atoms. The van der Waals surface area contributed by atoms with Crippen LogP contribution < -0.4 is 5.01 Å². The maximum absolute atomic E-state index is 4.79. The third kappa shape index (κ3) is 2.70. The minimum atomic E-state index is 0.626. The third-order valence-corrected chi connectivity index (χ3v) is 4.58. The van der Waals surface area contributed by atoms with Crippen molar-refractivity contribution in [3.05, 3.63) is 72.2 Å². The summed E-state index contributed by atoms with van der Waals surface area (Å²) in [5.41, 5.74) is 2.64. The number of aromatic nitrogens is 5. The van der Waals surface area contributed by atoms with Gasteiger partial charge in [-0.2, -0.15) is 14.6 Å². The second kappa shape index (κ2) is 6.76. The van der Waals surface area contributed by atoms with Gasteiger partial charge in [-0.05, 0) is 30.3 Å². The third-order valence-electron chi connectivity index (χ3n) is 4.09. The molecule has 0 spiro atoms. The van der Waals surface area contributed by atoms with Crippen LogP contribution >= 0.6 is 15.9 Å². The predicted molar refractivity (Wildman–Crippen MR) is 108 cm³/mol. The van der Waals surface area contributed by atoms with Gasteiger partial charge in [0.15, 0.2) is 5.82 Å². The van der Waals surface area contributed by atoms with E-state index in [1.54, 1.807) is 0 Å². The van der Waals surface area contributed by atoms with E-state index < -0.39 is 0 Å². The van der Waals surface area contributed by atoms with Gasteiger partial charge in [-0.1, -0.05) is 45.4 Å². The minimum Gasteiger partial charge on any atom is -0.287 e. The average molecular weight is 409 g/mol. The Labute approximate surface area is 159 Å². The molecular formula is C19H17BrN6. The van der Waals surface area contributed by atoms with E-state index in [0.717, 1.165) is 32.2 Å². The van der Waals surface area contributed by atoms with Crippen LogP contribution in [0.25, 0.3) is 27.8 Å². The van der Waals surface area contributed by atoms with E-state index in [4.69, 9.17) is 5.10 Å². The number of rotatable bonds is 6. The molecule has 0 N–H and O–H groups in total. The van der Waals surface area contributed by atoms with Gasteiger partial charge in [-0.3, -0.25) is 5.01 Å². The quantitative estimate of drug-likeness (QED) is 0.454. The molecule has 0 amide bonds. The van der Waals surface area contributed by atoms with Crippen LogP contribution in [0.15, 0.2) is 72.2 Å². The van der Waals surface area contributed by atoms with Crippen LogP contribution in [0.1, 0.15) is 0 Å². The zero-order chi connectivity index (χ0) is 18.1. The molecule has 7 heteroatoms. The van der Waals surface area contributed by atoms with Crippen molar-refractivity contribution in [1.82, 2.24) is 24.9 Å². The lowest BCUT2D eigenvalue weighted by molar-refractivity contribution is 0.567. The minimum absolute atomic E-state index is 0.626. The van der Waals surface area contributed by atoms with Crippen molar-refractivity contribution in [3.63, 3.8) is 0 Å². The lowest BCUT2D eigenvalue weighted by atomic mass is 10.2. The highest BCUT2D eigenvalue weighted by Crippen LogP contribution is 2.27. The Balaban J connectivity index is 2.04. The Kier molecular flexibility index (Phi) is 4.30. The van der Waals surface area contributed by atoms with Gasteiger partial charge in [0.1, 0.15) is 5.52 Å². The molecule has 0 aliphatic carbocycles. The van der Waals surface area contributed by atoms with Crippen molar-refractivity contribution in [2.75, 3.05) is 18.1 Å². The maximum Gasteiger partial charge on any atom is 0.185 e. The van der Waals surface area contributed by atoms with E-state index in [1.165, 1.54) is 0 Å². The zero-order valence-electron chi connectivity index (χ0n) is 14.1. The fraction of sp³-hybridized carbons (Fsp3) is 0.105. The SMILES string of the molecule is C=CCN(CC=C)n1nc2ccc(Br)cc2c1-n1nnc2ccccc21. The maximum atomic E-state index is 4.79. The van der Waals surface area contributed by atoms with Crippen molar-refractivity contribution in [3.8, 4) is 5.82 Å². The number of hydrogen-bond donors (Lipinski definition) is 0. The topological polar surface area (TPSA) is 51.8 Å². The summed E-state index contributed by atoms with van der Waals surface area (Å²) >= 11 is 3.56. The fourth-order valence-electron chi connectivity index (χ4n) is 2.98. The Morgan fingerprint density at radius 1 is 1.04 bits per heavy atom. The Morgan fingerprint density at radius 3 is 2.58 bits per heavy atom. The normalized spacial score (nSPS) is 11.1. The molecule has 2 aromatic heterocycles. The van der Waals surface area contributed by atoms with Gasteiger partial charge in [0.25, 0.3) is 0 Å². The first-order chi connectivity index (χ1) is 12.7. The Bertz CT molecular complexity index is 1100. The molecule has 2 heterocycles. The first-order valence-electron chi connectivity index (χ1n) is 8.19. The van der Waals surface area contributed by atoms with Crippen LogP contribution in [0, 0.1) is 0 Å². The van der Waals surface area contributed by atoms with Crippen LogP contribution in [-0.2, 0) is 0 Å². The summed E-state index contributed by atoms with van der Waals surface area (Å²) < 4.78 is 2.81. The van der Waals surface area contributed by atoms with Crippen molar-refractivity contribution in [2.45, 2.75) is 0 Å². The van der Waals surface area contributed by atoms with Gasteiger partial charge in [0.2, 0.25) is 0 Å². The number of fused-ring (bicyclic) bond motifs is 2. The molecule has 0 saturated heterocycles. The molecule has 0 unspecified atom stereocenters. The number of benzene rings is 2. The van der Waals surface area contributed by atoms with Crippen LogP contribution in [0.2, 0.25) is 0 Å². The first-order valence-corrected chi connectivity index (χ1v) is 8.98. The fourth-order valence-corrected chi connectivity index (χ4v) is 3.34. The highest BCUT2D eigenvalue weighted by Gasteiger charge is 2.20. The molecule has 2 aromatic carbocycles. The summed E-state index contributed by atoms with van der Waals surface area (Å²) in [6.07, 6.45) is 3.68. The molecule has 26 heavy (non-hydrogen) atoms. The molecule has 0 atom stereocenters. The predicted octanol–water partition coefficient (Wildman–Crippen LogP) is 3.84. The van der Waals surface area contributed by atoms with Gasteiger partial charge in [-0.25, -0.2) is 0 Å².